The second-order valence-corrected chi connectivity index (χ2v) is 4.96. The Morgan fingerprint density at radius 2 is 2.18 bits per heavy atom. The van der Waals surface area contributed by atoms with Crippen LogP contribution in [0.25, 0.3) is 0 Å². The molecule has 1 nitrogen and oxygen atoms in total. The zero-order chi connectivity index (χ0) is 8.43. The molecule has 2 N–H and O–H groups in total. The first-order valence-electron chi connectivity index (χ1n) is 3.08. The quantitative estimate of drug-likeness (QED) is 0.588. The van der Waals surface area contributed by atoms with E-state index in [-0.39, 0.29) is 0 Å². The standard InChI is InChI=1S/C7H8AsClIN/c8-7-5(9)1-4(3-11)2-6(7)10/h1-2H,3,8,11H2. The van der Waals surface area contributed by atoms with Crippen molar-refractivity contribution in [2.75, 3.05) is 0 Å². The number of hydrogen-bond acceptors (Lipinski definition) is 1. The molecule has 0 aliphatic rings. The SMILES string of the molecule is NCc1cc(Cl)c([AsH2])c(I)c1. The molecule has 1 rings (SSSR count). The van der Waals surface area contributed by atoms with Crippen LogP contribution in [0, 0.1) is 3.57 Å². The Kier molecular flexibility index (Phi) is 3.69. The van der Waals surface area contributed by atoms with Crippen molar-refractivity contribution in [3.8, 4) is 0 Å². The van der Waals surface area contributed by atoms with Gasteiger partial charge in [0.05, 0.1) is 0 Å². The van der Waals surface area contributed by atoms with E-state index in [1.54, 1.807) is 16.9 Å². The van der Waals surface area contributed by atoms with Crippen LogP contribution in [-0.2, 0) is 6.54 Å². The molecule has 0 spiro atoms. The van der Waals surface area contributed by atoms with E-state index in [1.165, 1.54) is 7.92 Å². The van der Waals surface area contributed by atoms with Gasteiger partial charge < -0.3 is 0 Å². The maximum absolute atomic E-state index is 5.95. The number of rotatable bonds is 1. The summed E-state index contributed by atoms with van der Waals surface area (Å²) in [5.74, 6) is 0. The van der Waals surface area contributed by atoms with Gasteiger partial charge in [-0.25, -0.2) is 0 Å². The topological polar surface area (TPSA) is 26.0 Å². The van der Waals surface area contributed by atoms with E-state index in [1.807, 2.05) is 6.07 Å². The summed E-state index contributed by atoms with van der Waals surface area (Å²) < 4.78 is 2.40. The minimum absolute atomic E-state index is 0.559. The Balaban J connectivity index is 3.21. The Hall–Kier alpha value is 0.758. The molecule has 0 radical (unpaired) electrons. The van der Waals surface area contributed by atoms with Crippen LogP contribution in [0.15, 0.2) is 12.1 Å². The number of hydrogen-bond donors (Lipinski definition) is 1. The van der Waals surface area contributed by atoms with Crippen LogP contribution in [0.5, 0.6) is 0 Å². The van der Waals surface area contributed by atoms with Crippen LogP contribution in [0.1, 0.15) is 5.56 Å². The molecule has 0 heterocycles. The summed E-state index contributed by atoms with van der Waals surface area (Å²) in [6, 6.07) is 4.00. The van der Waals surface area contributed by atoms with Crippen molar-refractivity contribution in [1.29, 1.82) is 0 Å². The summed E-state index contributed by atoms with van der Waals surface area (Å²) in [5.41, 5.74) is 6.58. The third kappa shape index (κ3) is 2.35. The molecule has 11 heavy (non-hydrogen) atoms. The van der Waals surface area contributed by atoms with E-state index >= 15 is 0 Å². The number of halogens is 2. The van der Waals surface area contributed by atoms with Crippen LogP contribution in [0.2, 0.25) is 5.02 Å². The molecule has 0 bridgehead atoms. The molecule has 0 saturated carbocycles. The summed E-state index contributed by atoms with van der Waals surface area (Å²) in [4.78, 5) is 0. The Labute approximate surface area is 93.3 Å². The molecule has 1 atom stereocenters. The third-order valence-electron chi connectivity index (χ3n) is 1.37. The molecule has 60 valence electrons. The molecule has 0 fully saturated rings. The molecule has 1 aromatic rings. The van der Waals surface area contributed by atoms with Crippen LogP contribution >= 0.6 is 34.2 Å². The fourth-order valence-corrected chi connectivity index (χ4v) is 2.20. The Morgan fingerprint density at radius 1 is 1.55 bits per heavy atom. The summed E-state index contributed by atoms with van der Waals surface area (Å²) in [5, 5.41) is 0.831. The molecular weight excluding hydrogens is 335 g/mol. The van der Waals surface area contributed by atoms with Crippen molar-refractivity contribution in [3.63, 3.8) is 0 Å². The molecule has 0 aromatic heterocycles. The van der Waals surface area contributed by atoms with Gasteiger partial charge in [0.2, 0.25) is 0 Å². The summed E-state index contributed by atoms with van der Waals surface area (Å²) >= 11 is 9.78. The Morgan fingerprint density at radius 3 is 2.64 bits per heavy atom. The van der Waals surface area contributed by atoms with E-state index in [9.17, 15) is 0 Å². The van der Waals surface area contributed by atoms with Gasteiger partial charge in [0, 0.05) is 0 Å². The second kappa shape index (κ2) is 4.13. The first-order valence-corrected chi connectivity index (χ1v) is 5.75. The van der Waals surface area contributed by atoms with Gasteiger partial charge in [-0.3, -0.25) is 0 Å². The van der Waals surface area contributed by atoms with Gasteiger partial charge in [-0.2, -0.15) is 0 Å². The number of benzene rings is 1. The Bertz CT molecular complexity index is 254. The fraction of sp³-hybridized carbons (Fsp3) is 0.143. The molecule has 4 heteroatoms. The van der Waals surface area contributed by atoms with Gasteiger partial charge >= 0.3 is 94.0 Å². The zero-order valence-corrected chi connectivity index (χ0v) is 11.1. The first kappa shape index (κ1) is 9.84. The van der Waals surface area contributed by atoms with Crippen molar-refractivity contribution >= 4 is 55.4 Å². The van der Waals surface area contributed by atoms with Crippen LogP contribution in [-0.4, -0.2) is 16.9 Å². The summed E-state index contributed by atoms with van der Waals surface area (Å²) in [6.07, 6.45) is 0. The molecular formula is C7H8AsClIN. The zero-order valence-electron chi connectivity index (χ0n) is 5.77. The average molecular weight is 343 g/mol. The van der Waals surface area contributed by atoms with Crippen molar-refractivity contribution in [2.45, 2.75) is 6.54 Å². The predicted molar refractivity (Wildman–Crippen MR) is 60.2 cm³/mol. The van der Waals surface area contributed by atoms with Gasteiger partial charge in [-0.05, 0) is 0 Å². The van der Waals surface area contributed by atoms with Crippen LogP contribution in [0.4, 0.5) is 0 Å². The summed E-state index contributed by atoms with van der Waals surface area (Å²) in [7, 11) is 0. The number of nitrogens with two attached hydrogens (primary N) is 1. The van der Waals surface area contributed by atoms with E-state index in [0.29, 0.717) is 6.54 Å². The van der Waals surface area contributed by atoms with Crippen molar-refractivity contribution in [1.82, 2.24) is 0 Å². The second-order valence-electron chi connectivity index (χ2n) is 2.18. The van der Waals surface area contributed by atoms with Crippen molar-refractivity contribution in [3.05, 3.63) is 26.3 Å². The molecule has 0 aliphatic heterocycles. The van der Waals surface area contributed by atoms with Gasteiger partial charge in [0.25, 0.3) is 0 Å². The molecule has 1 aromatic carbocycles. The van der Waals surface area contributed by atoms with E-state index in [2.05, 4.69) is 28.7 Å². The normalized spacial score (nSPS) is 10.2. The summed E-state index contributed by atoms with van der Waals surface area (Å²) in [6.45, 7) is 0.559. The first-order chi connectivity index (χ1) is 5.15. The monoisotopic (exact) mass is 343 g/mol. The maximum atomic E-state index is 5.95. The fourth-order valence-electron chi connectivity index (χ4n) is 0.755. The van der Waals surface area contributed by atoms with E-state index in [4.69, 9.17) is 17.3 Å². The van der Waals surface area contributed by atoms with Gasteiger partial charge in [-0.15, -0.1) is 0 Å². The van der Waals surface area contributed by atoms with Gasteiger partial charge in [0.1, 0.15) is 0 Å². The molecule has 0 aliphatic carbocycles. The van der Waals surface area contributed by atoms with Crippen LogP contribution < -0.4 is 10.1 Å². The van der Waals surface area contributed by atoms with Crippen molar-refractivity contribution in [2.24, 2.45) is 5.73 Å². The minimum atomic E-state index is 0.559. The predicted octanol–water partition coefficient (Wildman–Crippen LogP) is 0.662. The molecule has 0 amide bonds. The van der Waals surface area contributed by atoms with E-state index < -0.39 is 0 Å². The van der Waals surface area contributed by atoms with E-state index in [0.717, 1.165) is 10.6 Å². The average Bonchev–Trinajstić information content (AvgIpc) is 1.99. The molecule has 0 saturated heterocycles. The molecule has 1 unspecified atom stereocenters. The van der Waals surface area contributed by atoms with Gasteiger partial charge in [0.15, 0.2) is 0 Å². The van der Waals surface area contributed by atoms with Gasteiger partial charge in [-0.1, -0.05) is 0 Å². The van der Waals surface area contributed by atoms with Crippen LogP contribution in [0.3, 0.4) is 0 Å². The van der Waals surface area contributed by atoms with Crippen molar-refractivity contribution < 1.29 is 0 Å². The third-order valence-corrected chi connectivity index (χ3v) is 5.50.